The molecule has 2 N–H and O–H groups in total. The summed E-state index contributed by atoms with van der Waals surface area (Å²) in [5.41, 5.74) is 2.23. The molecule has 0 aliphatic carbocycles. The highest BCUT2D eigenvalue weighted by Crippen LogP contribution is 2.19. The Balaban J connectivity index is 0.00000320. The Morgan fingerprint density at radius 2 is 1.83 bits per heavy atom. The molecule has 0 amide bonds. The van der Waals surface area contributed by atoms with E-state index in [1.54, 1.807) is 13.4 Å². The van der Waals surface area contributed by atoms with Gasteiger partial charge in [-0.05, 0) is 11.6 Å². The predicted molar refractivity (Wildman–Crippen MR) is 130 cm³/mol. The van der Waals surface area contributed by atoms with Crippen LogP contribution in [-0.4, -0.2) is 34.3 Å². The van der Waals surface area contributed by atoms with Crippen LogP contribution in [0.3, 0.4) is 0 Å². The molecule has 2 aromatic carbocycles. The fourth-order valence-corrected chi connectivity index (χ4v) is 2.96. The van der Waals surface area contributed by atoms with Crippen LogP contribution < -0.4 is 15.4 Å². The second kappa shape index (κ2) is 12.8. The molecule has 0 fully saturated rings. The quantitative estimate of drug-likeness (QED) is 0.257. The molecule has 0 spiro atoms. The number of aromatic nitrogens is 3. The van der Waals surface area contributed by atoms with E-state index in [2.05, 4.69) is 50.9 Å². The van der Waals surface area contributed by atoms with Gasteiger partial charge < -0.3 is 19.9 Å². The van der Waals surface area contributed by atoms with Gasteiger partial charge >= 0.3 is 0 Å². The van der Waals surface area contributed by atoms with Crippen molar-refractivity contribution in [3.63, 3.8) is 0 Å². The molecule has 0 aliphatic rings. The molecular formula is C22H29IN6O. The van der Waals surface area contributed by atoms with Crippen molar-refractivity contribution in [3.8, 4) is 5.75 Å². The van der Waals surface area contributed by atoms with Crippen molar-refractivity contribution in [1.29, 1.82) is 0 Å². The van der Waals surface area contributed by atoms with E-state index in [0.717, 1.165) is 48.2 Å². The summed E-state index contributed by atoms with van der Waals surface area (Å²) in [6.45, 7) is 4.76. The van der Waals surface area contributed by atoms with Crippen molar-refractivity contribution >= 4 is 29.9 Å². The number of hydrogen-bond acceptors (Lipinski definition) is 4. The summed E-state index contributed by atoms with van der Waals surface area (Å²) in [7, 11) is 1.77. The van der Waals surface area contributed by atoms with Crippen LogP contribution >= 0.6 is 24.0 Å². The zero-order valence-electron chi connectivity index (χ0n) is 17.4. The molecule has 0 bridgehead atoms. The van der Waals surface area contributed by atoms with Crippen LogP contribution in [0.25, 0.3) is 0 Å². The van der Waals surface area contributed by atoms with Crippen molar-refractivity contribution in [1.82, 2.24) is 25.4 Å². The van der Waals surface area contributed by atoms with Gasteiger partial charge in [-0.3, -0.25) is 4.99 Å². The fourth-order valence-electron chi connectivity index (χ4n) is 2.96. The summed E-state index contributed by atoms with van der Waals surface area (Å²) in [6, 6.07) is 18.2. The topological polar surface area (TPSA) is 76.4 Å². The molecule has 7 nitrogen and oxygen atoms in total. The zero-order valence-corrected chi connectivity index (χ0v) is 19.7. The molecular weight excluding hydrogens is 491 g/mol. The van der Waals surface area contributed by atoms with Crippen LogP contribution in [0.2, 0.25) is 0 Å². The van der Waals surface area contributed by atoms with E-state index in [0.29, 0.717) is 13.2 Å². The summed E-state index contributed by atoms with van der Waals surface area (Å²) in [5, 5.41) is 14.7. The SMILES string of the molecule is CCc1nncn1CCNC(=NC)NCc1ccccc1OCc1ccccc1.I. The monoisotopic (exact) mass is 520 g/mol. The third-order valence-corrected chi connectivity index (χ3v) is 4.54. The molecule has 0 saturated carbocycles. The molecule has 30 heavy (non-hydrogen) atoms. The Morgan fingerprint density at radius 3 is 2.60 bits per heavy atom. The first kappa shape index (κ1) is 23.7. The predicted octanol–water partition coefficient (Wildman–Crippen LogP) is 3.40. The van der Waals surface area contributed by atoms with Crippen molar-refractivity contribution in [2.75, 3.05) is 13.6 Å². The Bertz CT molecular complexity index is 913. The van der Waals surface area contributed by atoms with Crippen LogP contribution in [0.4, 0.5) is 0 Å². The van der Waals surface area contributed by atoms with Gasteiger partial charge in [0, 0.05) is 38.7 Å². The number of aliphatic imine (C=N–C) groups is 1. The summed E-state index contributed by atoms with van der Waals surface area (Å²) < 4.78 is 8.08. The highest BCUT2D eigenvalue weighted by Gasteiger charge is 2.06. The molecule has 0 saturated heterocycles. The maximum Gasteiger partial charge on any atom is 0.191 e. The number of nitrogens with zero attached hydrogens (tertiary/aromatic N) is 4. The highest BCUT2D eigenvalue weighted by molar-refractivity contribution is 14.0. The Labute approximate surface area is 195 Å². The van der Waals surface area contributed by atoms with Gasteiger partial charge in [0.1, 0.15) is 24.5 Å². The minimum atomic E-state index is 0. The minimum Gasteiger partial charge on any atom is -0.489 e. The minimum absolute atomic E-state index is 0. The van der Waals surface area contributed by atoms with E-state index in [-0.39, 0.29) is 24.0 Å². The Kier molecular flexibility index (Phi) is 10.1. The normalized spacial score (nSPS) is 10.9. The van der Waals surface area contributed by atoms with Gasteiger partial charge in [0.15, 0.2) is 5.96 Å². The number of benzene rings is 2. The maximum absolute atomic E-state index is 6.03. The van der Waals surface area contributed by atoms with Crippen LogP contribution in [0, 0.1) is 0 Å². The van der Waals surface area contributed by atoms with Crippen LogP contribution in [0.1, 0.15) is 23.9 Å². The zero-order chi connectivity index (χ0) is 20.3. The smallest absolute Gasteiger partial charge is 0.191 e. The van der Waals surface area contributed by atoms with E-state index in [4.69, 9.17) is 4.74 Å². The van der Waals surface area contributed by atoms with Gasteiger partial charge in [-0.25, -0.2) is 0 Å². The van der Waals surface area contributed by atoms with Crippen molar-refractivity contribution < 1.29 is 4.74 Å². The van der Waals surface area contributed by atoms with Gasteiger partial charge in [0.25, 0.3) is 0 Å². The molecule has 0 unspecified atom stereocenters. The summed E-state index contributed by atoms with van der Waals surface area (Å²) in [6.07, 6.45) is 2.63. The number of hydrogen-bond donors (Lipinski definition) is 2. The lowest BCUT2D eigenvalue weighted by molar-refractivity contribution is 0.302. The third-order valence-electron chi connectivity index (χ3n) is 4.54. The van der Waals surface area contributed by atoms with Crippen molar-refractivity contribution in [2.45, 2.75) is 33.0 Å². The lowest BCUT2D eigenvalue weighted by Gasteiger charge is -2.15. The molecule has 1 aromatic heterocycles. The molecule has 8 heteroatoms. The molecule has 3 aromatic rings. The first-order chi connectivity index (χ1) is 14.3. The molecule has 0 aliphatic heterocycles. The number of rotatable bonds is 9. The average molecular weight is 520 g/mol. The van der Waals surface area contributed by atoms with Crippen LogP contribution in [-0.2, 0) is 26.1 Å². The van der Waals surface area contributed by atoms with Crippen molar-refractivity contribution in [2.24, 2.45) is 4.99 Å². The number of nitrogens with one attached hydrogen (secondary N) is 2. The Morgan fingerprint density at radius 1 is 1.07 bits per heavy atom. The second-order valence-electron chi connectivity index (χ2n) is 6.53. The van der Waals surface area contributed by atoms with Gasteiger partial charge in [-0.2, -0.15) is 0 Å². The third kappa shape index (κ3) is 7.01. The number of para-hydroxylation sites is 1. The standard InChI is InChI=1S/C22H28N6O.HI/c1-3-21-27-26-17-28(21)14-13-24-22(23-2)25-15-19-11-7-8-12-20(19)29-16-18-9-5-4-6-10-18;/h4-12,17H,3,13-16H2,1-2H3,(H2,23,24,25);1H. The van der Waals surface area contributed by atoms with E-state index in [1.165, 1.54) is 0 Å². The van der Waals surface area contributed by atoms with Crippen molar-refractivity contribution in [3.05, 3.63) is 77.9 Å². The van der Waals surface area contributed by atoms with Gasteiger partial charge in [-0.1, -0.05) is 55.5 Å². The largest absolute Gasteiger partial charge is 0.489 e. The summed E-state index contributed by atoms with van der Waals surface area (Å²) in [4.78, 5) is 4.30. The van der Waals surface area contributed by atoms with E-state index in [1.807, 2.05) is 41.0 Å². The molecule has 3 rings (SSSR count). The first-order valence-corrected chi connectivity index (χ1v) is 9.86. The summed E-state index contributed by atoms with van der Waals surface area (Å²) >= 11 is 0. The summed E-state index contributed by atoms with van der Waals surface area (Å²) in [5.74, 6) is 2.60. The number of aryl methyl sites for hydroxylation is 1. The van der Waals surface area contributed by atoms with E-state index < -0.39 is 0 Å². The number of guanidine groups is 1. The highest BCUT2D eigenvalue weighted by atomic mass is 127. The van der Waals surface area contributed by atoms with Gasteiger partial charge in [-0.15, -0.1) is 34.2 Å². The molecule has 0 atom stereocenters. The fraction of sp³-hybridized carbons (Fsp3) is 0.318. The van der Waals surface area contributed by atoms with E-state index >= 15 is 0 Å². The van der Waals surface area contributed by atoms with Crippen LogP contribution in [0.15, 0.2) is 65.9 Å². The van der Waals surface area contributed by atoms with E-state index in [9.17, 15) is 0 Å². The van der Waals surface area contributed by atoms with Gasteiger partial charge in [0.05, 0.1) is 0 Å². The lowest BCUT2D eigenvalue weighted by atomic mass is 10.2. The molecule has 160 valence electrons. The first-order valence-electron chi connectivity index (χ1n) is 9.86. The number of ether oxygens (including phenoxy) is 1. The second-order valence-corrected chi connectivity index (χ2v) is 6.53. The average Bonchev–Trinajstić information content (AvgIpc) is 3.23. The molecule has 0 radical (unpaired) electrons. The lowest BCUT2D eigenvalue weighted by Crippen LogP contribution is -2.38. The number of halogens is 1. The molecule has 1 heterocycles. The van der Waals surface area contributed by atoms with Gasteiger partial charge in [0.2, 0.25) is 0 Å². The van der Waals surface area contributed by atoms with Crippen LogP contribution in [0.5, 0.6) is 5.75 Å². The maximum atomic E-state index is 6.03. The Hall–Kier alpha value is -2.62.